The van der Waals surface area contributed by atoms with Crippen LogP contribution in [0.15, 0.2) is 0 Å². The molecule has 1 aliphatic rings. The maximum Gasteiger partial charge on any atom is 0.0433 e. The Labute approximate surface area is 82.5 Å². The third-order valence-corrected chi connectivity index (χ3v) is 3.66. The second kappa shape index (κ2) is 4.99. The standard InChI is InChI=1S/C12H24O/c1-9(2)12-5-4-10(3)8-11(12)6-7-13/h9-13H,4-8H2,1-3H3/t10-,11?,12+/m1/s1. The summed E-state index contributed by atoms with van der Waals surface area (Å²) >= 11 is 0. The fourth-order valence-corrected chi connectivity index (χ4v) is 2.90. The van der Waals surface area contributed by atoms with Gasteiger partial charge in [0.05, 0.1) is 0 Å². The maximum atomic E-state index is 9.00. The van der Waals surface area contributed by atoms with Crippen molar-refractivity contribution in [2.45, 2.75) is 46.5 Å². The fourth-order valence-electron chi connectivity index (χ4n) is 2.90. The minimum atomic E-state index is 0.376. The van der Waals surface area contributed by atoms with Gasteiger partial charge in [0, 0.05) is 6.61 Å². The van der Waals surface area contributed by atoms with Crippen molar-refractivity contribution in [3.63, 3.8) is 0 Å². The summed E-state index contributed by atoms with van der Waals surface area (Å²) in [6.45, 7) is 7.37. The first kappa shape index (κ1) is 11.0. The molecule has 13 heavy (non-hydrogen) atoms. The van der Waals surface area contributed by atoms with Crippen molar-refractivity contribution < 1.29 is 5.11 Å². The summed E-state index contributed by atoms with van der Waals surface area (Å²) in [6.07, 6.45) is 5.13. The molecule has 78 valence electrons. The van der Waals surface area contributed by atoms with Crippen molar-refractivity contribution in [2.24, 2.45) is 23.7 Å². The maximum absolute atomic E-state index is 9.00. The Bertz CT molecular complexity index is 142. The zero-order valence-electron chi connectivity index (χ0n) is 9.29. The third-order valence-electron chi connectivity index (χ3n) is 3.66. The van der Waals surface area contributed by atoms with Crippen LogP contribution in [0.3, 0.4) is 0 Å². The fraction of sp³-hybridized carbons (Fsp3) is 1.00. The van der Waals surface area contributed by atoms with Gasteiger partial charge < -0.3 is 5.11 Å². The van der Waals surface area contributed by atoms with Crippen molar-refractivity contribution in [3.05, 3.63) is 0 Å². The van der Waals surface area contributed by atoms with E-state index in [1.807, 2.05) is 0 Å². The summed E-state index contributed by atoms with van der Waals surface area (Å²) in [4.78, 5) is 0. The van der Waals surface area contributed by atoms with Gasteiger partial charge in [-0.15, -0.1) is 0 Å². The van der Waals surface area contributed by atoms with Crippen molar-refractivity contribution in [2.75, 3.05) is 6.61 Å². The van der Waals surface area contributed by atoms with Crippen LogP contribution in [0.4, 0.5) is 0 Å². The Morgan fingerprint density at radius 1 is 1.31 bits per heavy atom. The molecule has 1 unspecified atom stereocenters. The third kappa shape index (κ3) is 2.98. The van der Waals surface area contributed by atoms with Crippen LogP contribution < -0.4 is 0 Å². The summed E-state index contributed by atoms with van der Waals surface area (Å²) in [5.41, 5.74) is 0. The van der Waals surface area contributed by atoms with Crippen LogP contribution >= 0.6 is 0 Å². The van der Waals surface area contributed by atoms with Gasteiger partial charge in [0.1, 0.15) is 0 Å². The number of hydrogen-bond acceptors (Lipinski definition) is 1. The number of aliphatic hydroxyl groups excluding tert-OH is 1. The molecule has 1 saturated carbocycles. The van der Waals surface area contributed by atoms with Gasteiger partial charge in [-0.2, -0.15) is 0 Å². The van der Waals surface area contributed by atoms with Crippen molar-refractivity contribution in [1.82, 2.24) is 0 Å². The molecule has 0 aromatic rings. The molecule has 0 spiro atoms. The lowest BCUT2D eigenvalue weighted by atomic mass is 9.69. The van der Waals surface area contributed by atoms with Crippen LogP contribution in [0.25, 0.3) is 0 Å². The highest BCUT2D eigenvalue weighted by molar-refractivity contribution is 4.80. The normalized spacial score (nSPS) is 35.3. The van der Waals surface area contributed by atoms with Gasteiger partial charge in [0.15, 0.2) is 0 Å². The molecular weight excluding hydrogens is 160 g/mol. The van der Waals surface area contributed by atoms with Crippen LogP contribution in [0, 0.1) is 23.7 Å². The summed E-state index contributed by atoms with van der Waals surface area (Å²) in [7, 11) is 0. The molecule has 0 radical (unpaired) electrons. The molecule has 1 heteroatoms. The van der Waals surface area contributed by atoms with Crippen molar-refractivity contribution in [3.8, 4) is 0 Å². The van der Waals surface area contributed by atoms with E-state index in [1.54, 1.807) is 0 Å². The van der Waals surface area contributed by atoms with E-state index in [9.17, 15) is 0 Å². The van der Waals surface area contributed by atoms with Gasteiger partial charge in [0.25, 0.3) is 0 Å². The van der Waals surface area contributed by atoms with Gasteiger partial charge in [-0.3, -0.25) is 0 Å². The van der Waals surface area contributed by atoms with E-state index in [2.05, 4.69) is 20.8 Å². The summed E-state index contributed by atoms with van der Waals surface area (Å²) < 4.78 is 0. The van der Waals surface area contributed by atoms with Crippen LogP contribution in [0.2, 0.25) is 0 Å². The van der Waals surface area contributed by atoms with Crippen LogP contribution in [0.5, 0.6) is 0 Å². The van der Waals surface area contributed by atoms with E-state index in [1.165, 1.54) is 19.3 Å². The van der Waals surface area contributed by atoms with E-state index < -0.39 is 0 Å². The van der Waals surface area contributed by atoms with E-state index >= 15 is 0 Å². The second-order valence-corrected chi connectivity index (χ2v) is 5.10. The molecule has 0 bridgehead atoms. The summed E-state index contributed by atoms with van der Waals surface area (Å²) in [6, 6.07) is 0. The quantitative estimate of drug-likeness (QED) is 0.714. The van der Waals surface area contributed by atoms with Crippen molar-refractivity contribution >= 4 is 0 Å². The monoisotopic (exact) mass is 184 g/mol. The lowest BCUT2D eigenvalue weighted by Crippen LogP contribution is -2.28. The largest absolute Gasteiger partial charge is 0.396 e. The van der Waals surface area contributed by atoms with Crippen LogP contribution in [-0.2, 0) is 0 Å². The van der Waals surface area contributed by atoms with Crippen molar-refractivity contribution in [1.29, 1.82) is 0 Å². The SMILES string of the molecule is CC(C)[C@@H]1CC[C@@H](C)CC1CCO. The predicted molar refractivity (Wildman–Crippen MR) is 56.5 cm³/mol. The molecule has 1 fully saturated rings. The first-order chi connectivity index (χ1) is 6.15. The second-order valence-electron chi connectivity index (χ2n) is 5.10. The highest BCUT2D eigenvalue weighted by atomic mass is 16.3. The predicted octanol–water partition coefficient (Wildman–Crippen LogP) is 3.08. The zero-order valence-corrected chi connectivity index (χ0v) is 9.29. The highest BCUT2D eigenvalue weighted by Crippen LogP contribution is 2.39. The minimum Gasteiger partial charge on any atom is -0.396 e. The number of aliphatic hydroxyl groups is 1. The highest BCUT2D eigenvalue weighted by Gasteiger charge is 2.29. The van der Waals surface area contributed by atoms with E-state index in [0.717, 1.165) is 30.1 Å². The topological polar surface area (TPSA) is 20.2 Å². The van der Waals surface area contributed by atoms with Crippen LogP contribution in [-0.4, -0.2) is 11.7 Å². The van der Waals surface area contributed by atoms with E-state index in [0.29, 0.717) is 6.61 Å². The summed E-state index contributed by atoms with van der Waals surface area (Å²) in [5, 5.41) is 9.00. The zero-order chi connectivity index (χ0) is 9.84. The smallest absolute Gasteiger partial charge is 0.0433 e. The van der Waals surface area contributed by atoms with Gasteiger partial charge in [0.2, 0.25) is 0 Å². The minimum absolute atomic E-state index is 0.376. The average molecular weight is 184 g/mol. The first-order valence-electron chi connectivity index (χ1n) is 5.76. The molecule has 0 saturated heterocycles. The van der Waals surface area contributed by atoms with Gasteiger partial charge in [-0.05, 0) is 42.9 Å². The van der Waals surface area contributed by atoms with Gasteiger partial charge in [-0.1, -0.05) is 27.2 Å². The molecule has 1 rings (SSSR count). The Balaban J connectivity index is 2.50. The number of hydrogen-bond donors (Lipinski definition) is 1. The first-order valence-corrected chi connectivity index (χ1v) is 5.76. The molecule has 1 N–H and O–H groups in total. The molecule has 0 aliphatic heterocycles. The lowest BCUT2D eigenvalue weighted by molar-refractivity contribution is 0.114. The molecule has 1 aliphatic carbocycles. The Hall–Kier alpha value is -0.0400. The molecule has 0 amide bonds. The molecule has 0 aromatic carbocycles. The summed E-state index contributed by atoms with van der Waals surface area (Å²) in [5.74, 6) is 3.33. The number of rotatable bonds is 3. The lowest BCUT2D eigenvalue weighted by Gasteiger charge is -2.37. The Kier molecular flexibility index (Phi) is 4.24. The molecule has 0 aromatic heterocycles. The Morgan fingerprint density at radius 2 is 2.00 bits per heavy atom. The van der Waals surface area contributed by atoms with E-state index in [4.69, 9.17) is 5.11 Å². The Morgan fingerprint density at radius 3 is 2.54 bits per heavy atom. The molecule has 3 atom stereocenters. The van der Waals surface area contributed by atoms with E-state index in [-0.39, 0.29) is 0 Å². The molecule has 0 heterocycles. The molecule has 1 nitrogen and oxygen atoms in total. The molecular formula is C12H24O. The average Bonchev–Trinajstić information content (AvgIpc) is 2.04. The van der Waals surface area contributed by atoms with Gasteiger partial charge >= 0.3 is 0 Å². The van der Waals surface area contributed by atoms with Crippen LogP contribution in [0.1, 0.15) is 46.5 Å². The van der Waals surface area contributed by atoms with Gasteiger partial charge in [-0.25, -0.2) is 0 Å².